The van der Waals surface area contributed by atoms with E-state index in [2.05, 4.69) is 30.8 Å². The molecule has 1 aromatic carbocycles. The van der Waals surface area contributed by atoms with Gasteiger partial charge in [0.25, 0.3) is 0 Å². The van der Waals surface area contributed by atoms with E-state index >= 15 is 0 Å². The molecule has 1 heterocycles. The topological polar surface area (TPSA) is 61.8 Å². The molecule has 1 aliphatic rings. The Labute approximate surface area is 131 Å². The van der Waals surface area contributed by atoms with Gasteiger partial charge in [0.05, 0.1) is 0 Å². The molecule has 0 amide bonds. The summed E-state index contributed by atoms with van der Waals surface area (Å²) in [5, 5.41) is 12.4. The van der Waals surface area contributed by atoms with Crippen LogP contribution >= 0.6 is 11.6 Å². The SMILES string of the molecule is CC1CC(C)C(C)N(Cc2ccc(/C(N)=N/O)cc2Cl)C1. The van der Waals surface area contributed by atoms with Crippen molar-refractivity contribution in [2.24, 2.45) is 22.7 Å². The summed E-state index contributed by atoms with van der Waals surface area (Å²) in [4.78, 5) is 2.49. The first-order chi connectivity index (χ1) is 9.92. The summed E-state index contributed by atoms with van der Waals surface area (Å²) in [6.45, 7) is 8.85. The predicted molar refractivity (Wildman–Crippen MR) is 86.8 cm³/mol. The maximum atomic E-state index is 8.71. The number of nitrogens with zero attached hydrogens (tertiary/aromatic N) is 2. The lowest BCUT2D eigenvalue weighted by Gasteiger charge is -2.41. The van der Waals surface area contributed by atoms with Crippen LogP contribution in [0.25, 0.3) is 0 Å². The standard InChI is InChI=1S/C16H24ClN3O/c1-10-6-11(2)12(3)20(8-10)9-14-5-4-13(7-15(14)17)16(18)19-21/h4-5,7,10-12,21H,6,8-9H2,1-3H3,(H2,18,19). The highest BCUT2D eigenvalue weighted by Crippen LogP contribution is 2.29. The fraction of sp³-hybridized carbons (Fsp3) is 0.562. The molecule has 1 aromatic rings. The number of likely N-dealkylation sites (tertiary alicyclic amines) is 1. The van der Waals surface area contributed by atoms with Crippen LogP contribution in [0, 0.1) is 11.8 Å². The molecule has 0 aromatic heterocycles. The molecule has 2 rings (SSSR count). The highest BCUT2D eigenvalue weighted by atomic mass is 35.5. The number of hydrogen-bond acceptors (Lipinski definition) is 3. The van der Waals surface area contributed by atoms with Crippen LogP contribution in [0.1, 0.15) is 38.3 Å². The Bertz CT molecular complexity index is 532. The first kappa shape index (κ1) is 16.1. The van der Waals surface area contributed by atoms with Gasteiger partial charge < -0.3 is 10.9 Å². The zero-order valence-electron chi connectivity index (χ0n) is 12.9. The first-order valence-corrected chi connectivity index (χ1v) is 7.80. The monoisotopic (exact) mass is 309 g/mol. The largest absolute Gasteiger partial charge is 0.409 e. The van der Waals surface area contributed by atoms with Crippen LogP contribution in [0.2, 0.25) is 5.02 Å². The van der Waals surface area contributed by atoms with Gasteiger partial charge in [-0.1, -0.05) is 42.7 Å². The number of rotatable bonds is 3. The van der Waals surface area contributed by atoms with Crippen molar-refractivity contribution in [2.75, 3.05) is 6.54 Å². The Hall–Kier alpha value is -1.26. The third-order valence-corrected chi connectivity index (χ3v) is 4.90. The fourth-order valence-corrected chi connectivity index (χ4v) is 3.39. The van der Waals surface area contributed by atoms with Crippen molar-refractivity contribution < 1.29 is 5.21 Å². The smallest absolute Gasteiger partial charge is 0.170 e. The normalized spacial score (nSPS) is 27.8. The summed E-state index contributed by atoms with van der Waals surface area (Å²) < 4.78 is 0. The van der Waals surface area contributed by atoms with Crippen LogP contribution in [0.3, 0.4) is 0 Å². The van der Waals surface area contributed by atoms with E-state index in [0.717, 1.165) is 18.7 Å². The highest BCUT2D eigenvalue weighted by molar-refractivity contribution is 6.31. The van der Waals surface area contributed by atoms with Gasteiger partial charge >= 0.3 is 0 Å². The number of nitrogens with two attached hydrogens (primary N) is 1. The molecule has 0 radical (unpaired) electrons. The van der Waals surface area contributed by atoms with Crippen LogP contribution in [0.5, 0.6) is 0 Å². The van der Waals surface area contributed by atoms with Gasteiger partial charge in [-0.05, 0) is 36.8 Å². The Kier molecular flexibility index (Phi) is 5.12. The van der Waals surface area contributed by atoms with Gasteiger partial charge in [0.2, 0.25) is 0 Å². The van der Waals surface area contributed by atoms with Gasteiger partial charge in [0, 0.05) is 29.7 Å². The van der Waals surface area contributed by atoms with Crippen molar-refractivity contribution in [3.63, 3.8) is 0 Å². The molecule has 21 heavy (non-hydrogen) atoms. The molecule has 0 aliphatic carbocycles. The summed E-state index contributed by atoms with van der Waals surface area (Å²) in [5.74, 6) is 1.49. The van der Waals surface area contributed by atoms with Crippen LogP contribution in [0.4, 0.5) is 0 Å². The molecule has 3 unspecified atom stereocenters. The average molecular weight is 310 g/mol. The van der Waals surface area contributed by atoms with E-state index in [1.165, 1.54) is 6.42 Å². The highest BCUT2D eigenvalue weighted by Gasteiger charge is 2.28. The summed E-state index contributed by atoms with van der Waals surface area (Å²) in [5.41, 5.74) is 7.31. The fourth-order valence-electron chi connectivity index (χ4n) is 3.15. The van der Waals surface area contributed by atoms with E-state index in [9.17, 15) is 0 Å². The lowest BCUT2D eigenvalue weighted by atomic mass is 9.86. The van der Waals surface area contributed by atoms with Crippen LogP contribution < -0.4 is 5.73 Å². The lowest BCUT2D eigenvalue weighted by Crippen LogP contribution is -2.45. The molecule has 0 spiro atoms. The summed E-state index contributed by atoms with van der Waals surface area (Å²) in [6.07, 6.45) is 1.29. The number of amidine groups is 1. The zero-order chi connectivity index (χ0) is 15.6. The summed E-state index contributed by atoms with van der Waals surface area (Å²) >= 11 is 6.35. The van der Waals surface area contributed by atoms with E-state index in [-0.39, 0.29) is 5.84 Å². The van der Waals surface area contributed by atoms with Gasteiger partial charge in [-0.15, -0.1) is 0 Å². The molecule has 5 heteroatoms. The average Bonchev–Trinajstić information content (AvgIpc) is 2.45. The second-order valence-electron chi connectivity index (χ2n) is 6.28. The van der Waals surface area contributed by atoms with E-state index < -0.39 is 0 Å². The molecule has 0 saturated carbocycles. The van der Waals surface area contributed by atoms with Crippen molar-refractivity contribution in [3.05, 3.63) is 34.3 Å². The third-order valence-electron chi connectivity index (χ3n) is 4.55. The van der Waals surface area contributed by atoms with Crippen LogP contribution in [-0.4, -0.2) is 28.5 Å². The van der Waals surface area contributed by atoms with Crippen molar-refractivity contribution in [3.8, 4) is 0 Å². The Morgan fingerprint density at radius 2 is 2.14 bits per heavy atom. The first-order valence-electron chi connectivity index (χ1n) is 7.42. The Morgan fingerprint density at radius 3 is 2.76 bits per heavy atom. The molecule has 1 saturated heterocycles. The van der Waals surface area contributed by atoms with E-state index in [4.69, 9.17) is 22.5 Å². The molecule has 3 atom stereocenters. The van der Waals surface area contributed by atoms with Gasteiger partial charge in [-0.2, -0.15) is 0 Å². The Morgan fingerprint density at radius 1 is 1.43 bits per heavy atom. The quantitative estimate of drug-likeness (QED) is 0.390. The maximum absolute atomic E-state index is 8.71. The van der Waals surface area contributed by atoms with E-state index in [1.807, 2.05) is 12.1 Å². The van der Waals surface area contributed by atoms with Gasteiger partial charge in [-0.25, -0.2) is 0 Å². The number of hydrogen-bond donors (Lipinski definition) is 2. The summed E-state index contributed by atoms with van der Waals surface area (Å²) in [6, 6.07) is 6.12. The second kappa shape index (κ2) is 6.67. The molecule has 3 N–H and O–H groups in total. The molecular weight excluding hydrogens is 286 g/mol. The third kappa shape index (κ3) is 3.69. The molecule has 4 nitrogen and oxygen atoms in total. The van der Waals surface area contributed by atoms with Crippen LogP contribution in [-0.2, 0) is 6.54 Å². The minimum atomic E-state index is 0.0806. The van der Waals surface area contributed by atoms with Crippen LogP contribution in [0.15, 0.2) is 23.4 Å². The second-order valence-corrected chi connectivity index (χ2v) is 6.69. The van der Waals surface area contributed by atoms with E-state index in [0.29, 0.717) is 28.5 Å². The molecule has 1 fully saturated rings. The Balaban J connectivity index is 2.16. The number of halogens is 1. The molecule has 0 bridgehead atoms. The van der Waals surface area contributed by atoms with Crippen molar-refractivity contribution in [1.82, 2.24) is 4.90 Å². The van der Waals surface area contributed by atoms with Crippen molar-refractivity contribution in [2.45, 2.75) is 39.8 Å². The van der Waals surface area contributed by atoms with Gasteiger partial charge in [0.15, 0.2) is 5.84 Å². The number of piperidine rings is 1. The lowest BCUT2D eigenvalue weighted by molar-refractivity contribution is 0.0730. The summed E-state index contributed by atoms with van der Waals surface area (Å²) in [7, 11) is 0. The molecule has 116 valence electrons. The van der Waals surface area contributed by atoms with Crippen molar-refractivity contribution in [1.29, 1.82) is 0 Å². The van der Waals surface area contributed by atoms with Gasteiger partial charge in [0.1, 0.15) is 0 Å². The van der Waals surface area contributed by atoms with Crippen molar-refractivity contribution >= 4 is 17.4 Å². The van der Waals surface area contributed by atoms with E-state index in [1.54, 1.807) is 6.07 Å². The molecular formula is C16H24ClN3O. The maximum Gasteiger partial charge on any atom is 0.170 e. The predicted octanol–water partition coefficient (Wildman–Crippen LogP) is 3.30. The zero-order valence-corrected chi connectivity index (χ0v) is 13.6. The molecule has 1 aliphatic heterocycles. The minimum Gasteiger partial charge on any atom is -0.409 e. The number of oxime groups is 1. The minimum absolute atomic E-state index is 0.0806. The van der Waals surface area contributed by atoms with Gasteiger partial charge in [-0.3, -0.25) is 4.90 Å². The number of benzene rings is 1.